The van der Waals surface area contributed by atoms with Crippen molar-refractivity contribution in [3.05, 3.63) is 34.7 Å². The van der Waals surface area contributed by atoms with Gasteiger partial charge in [0.1, 0.15) is 11.3 Å². The quantitative estimate of drug-likeness (QED) is 0.612. The summed E-state index contributed by atoms with van der Waals surface area (Å²) in [5.41, 5.74) is -5.26. The van der Waals surface area contributed by atoms with Crippen molar-refractivity contribution in [1.82, 2.24) is 0 Å². The lowest BCUT2D eigenvalue weighted by molar-refractivity contribution is -0.0369. The Morgan fingerprint density at radius 3 is 2.71 bits per heavy atom. The molecule has 0 N–H and O–H groups in total. The molecule has 0 aliphatic heterocycles. The summed E-state index contributed by atoms with van der Waals surface area (Å²) in [6.07, 6.45) is 0.799. The lowest BCUT2D eigenvalue weighted by Crippen LogP contribution is -2.05. The fraction of sp³-hybridized carbons (Fsp3) is 0.308. The molecule has 0 saturated heterocycles. The van der Waals surface area contributed by atoms with Crippen molar-refractivity contribution >= 4 is 23.0 Å². The van der Waals surface area contributed by atoms with Crippen LogP contribution in [0.4, 0.5) is 13.2 Å². The first-order chi connectivity index (χ1) is 9.89. The number of hydrogen-bond acceptors (Lipinski definition) is 5. The molecule has 1 aromatic carbocycles. The molecule has 0 saturated carbocycles. The van der Waals surface area contributed by atoms with Gasteiger partial charge in [0.15, 0.2) is 17.8 Å². The van der Waals surface area contributed by atoms with Gasteiger partial charge >= 0.3 is 11.1 Å². The van der Waals surface area contributed by atoms with Crippen LogP contribution in [0.2, 0.25) is 0 Å². The Kier molecular flexibility index (Phi) is 4.66. The van der Waals surface area contributed by atoms with E-state index in [2.05, 4.69) is 4.18 Å². The van der Waals surface area contributed by atoms with Crippen molar-refractivity contribution in [1.29, 1.82) is 0 Å². The fourth-order valence-electron chi connectivity index (χ4n) is 1.58. The Morgan fingerprint density at radius 2 is 2.05 bits per heavy atom. The van der Waals surface area contributed by atoms with E-state index < -0.39 is 23.2 Å². The van der Waals surface area contributed by atoms with Crippen LogP contribution < -0.4 is 14.5 Å². The van der Waals surface area contributed by atoms with E-state index in [1.54, 1.807) is 6.07 Å². The molecule has 0 aliphatic rings. The van der Waals surface area contributed by atoms with Crippen LogP contribution in [0.1, 0.15) is 13.3 Å². The molecule has 1 aromatic heterocycles. The maximum Gasteiger partial charge on any atom is 0.479 e. The Labute approximate surface area is 122 Å². The molecule has 0 bridgehead atoms. The second kappa shape index (κ2) is 6.30. The third-order valence-electron chi connectivity index (χ3n) is 2.38. The lowest BCUT2D eigenvalue weighted by Gasteiger charge is -2.09. The molecule has 0 fully saturated rings. The van der Waals surface area contributed by atoms with E-state index in [9.17, 15) is 18.0 Å². The largest absolute Gasteiger partial charge is 0.493 e. The predicted octanol–water partition coefficient (Wildman–Crippen LogP) is 4.13. The van der Waals surface area contributed by atoms with E-state index in [4.69, 9.17) is 9.15 Å². The third-order valence-corrected chi connectivity index (χ3v) is 2.83. The molecule has 114 valence electrons. The number of benzene rings is 1. The van der Waals surface area contributed by atoms with Crippen LogP contribution in [-0.4, -0.2) is 12.1 Å². The summed E-state index contributed by atoms with van der Waals surface area (Å²) < 4.78 is 51.4. The van der Waals surface area contributed by atoms with Gasteiger partial charge in [-0.2, -0.15) is 13.2 Å². The molecule has 8 heteroatoms. The maximum absolute atomic E-state index is 12.2. The molecule has 2 rings (SSSR count). The van der Waals surface area contributed by atoms with Gasteiger partial charge in [-0.15, -0.1) is 0 Å². The summed E-state index contributed by atoms with van der Waals surface area (Å²) in [5.74, 6) is 0.263. The minimum Gasteiger partial charge on any atom is -0.493 e. The highest BCUT2D eigenvalue weighted by molar-refractivity contribution is 7.95. The van der Waals surface area contributed by atoms with E-state index in [0.29, 0.717) is 12.4 Å². The molecule has 21 heavy (non-hydrogen) atoms. The van der Waals surface area contributed by atoms with Gasteiger partial charge < -0.3 is 13.3 Å². The number of rotatable bonds is 5. The van der Waals surface area contributed by atoms with Gasteiger partial charge in [0.05, 0.1) is 18.1 Å². The van der Waals surface area contributed by atoms with Crippen LogP contribution in [0.3, 0.4) is 0 Å². The van der Waals surface area contributed by atoms with Gasteiger partial charge in [-0.25, -0.2) is 4.79 Å². The minimum atomic E-state index is -4.56. The first kappa shape index (κ1) is 15.6. The van der Waals surface area contributed by atoms with E-state index in [0.717, 1.165) is 12.5 Å². The molecular weight excluding hydrogens is 309 g/mol. The lowest BCUT2D eigenvalue weighted by atomic mass is 10.2. The molecule has 0 unspecified atom stereocenters. The first-order valence-corrected chi connectivity index (χ1v) is 6.76. The molecule has 2 aromatic rings. The van der Waals surface area contributed by atoms with Crippen molar-refractivity contribution in [3.8, 4) is 11.5 Å². The zero-order chi connectivity index (χ0) is 15.5. The summed E-state index contributed by atoms with van der Waals surface area (Å²) in [6, 6.07) is 5.36. The van der Waals surface area contributed by atoms with Gasteiger partial charge in [0.25, 0.3) is 0 Å². The number of ether oxygens (including phenoxy) is 1. The second-order valence-corrected chi connectivity index (χ2v) is 4.84. The Bertz CT molecular complexity index is 681. The summed E-state index contributed by atoms with van der Waals surface area (Å²) in [4.78, 5) is 11.4. The Hall–Kier alpha value is -1.83. The Balaban J connectivity index is 2.35. The number of hydrogen-bond donors (Lipinski definition) is 0. The van der Waals surface area contributed by atoms with Crippen molar-refractivity contribution < 1.29 is 26.5 Å². The van der Waals surface area contributed by atoms with Crippen LogP contribution in [0, 0.1) is 0 Å². The molecular formula is C13H11F3O4S. The number of fused-ring (bicyclic) bond motifs is 1. The van der Waals surface area contributed by atoms with Crippen LogP contribution in [0.15, 0.2) is 33.5 Å². The second-order valence-electron chi connectivity index (χ2n) is 4.05. The van der Waals surface area contributed by atoms with Gasteiger partial charge in [-0.1, -0.05) is 6.92 Å². The van der Waals surface area contributed by atoms with Gasteiger partial charge in [0, 0.05) is 6.07 Å². The molecule has 1 heterocycles. The van der Waals surface area contributed by atoms with Crippen molar-refractivity contribution in [2.75, 3.05) is 6.61 Å². The zero-order valence-corrected chi connectivity index (χ0v) is 11.7. The SMILES string of the molecule is CCCOc1ccc2c(OSC(F)(F)F)cc(=O)oc2c1. The third kappa shape index (κ3) is 4.32. The van der Waals surface area contributed by atoms with Crippen LogP contribution in [0.25, 0.3) is 11.0 Å². The summed E-state index contributed by atoms with van der Waals surface area (Å²) in [7, 11) is 0. The fourth-order valence-corrected chi connectivity index (χ4v) is 1.91. The molecule has 0 radical (unpaired) electrons. The highest BCUT2D eigenvalue weighted by Crippen LogP contribution is 2.35. The van der Waals surface area contributed by atoms with Gasteiger partial charge in [-0.3, -0.25) is 0 Å². The maximum atomic E-state index is 12.2. The Morgan fingerprint density at radius 1 is 1.29 bits per heavy atom. The number of alkyl halides is 3. The minimum absolute atomic E-state index is 0.105. The van der Waals surface area contributed by atoms with Crippen molar-refractivity contribution in [2.24, 2.45) is 0 Å². The van der Waals surface area contributed by atoms with E-state index in [-0.39, 0.29) is 16.7 Å². The molecule has 0 amide bonds. The zero-order valence-electron chi connectivity index (χ0n) is 10.9. The smallest absolute Gasteiger partial charge is 0.479 e. The van der Waals surface area contributed by atoms with Crippen LogP contribution in [-0.2, 0) is 0 Å². The van der Waals surface area contributed by atoms with Gasteiger partial charge in [0.2, 0.25) is 0 Å². The molecule has 4 nitrogen and oxygen atoms in total. The highest BCUT2D eigenvalue weighted by Gasteiger charge is 2.32. The normalized spacial score (nSPS) is 11.6. The van der Waals surface area contributed by atoms with Crippen molar-refractivity contribution in [2.45, 2.75) is 18.9 Å². The first-order valence-electron chi connectivity index (χ1n) is 6.02. The van der Waals surface area contributed by atoms with E-state index in [1.165, 1.54) is 12.1 Å². The topological polar surface area (TPSA) is 48.7 Å². The molecule has 0 atom stereocenters. The highest BCUT2D eigenvalue weighted by atomic mass is 32.2. The summed E-state index contributed by atoms with van der Waals surface area (Å²) in [5, 5.41) is 0.259. The average molecular weight is 320 g/mol. The van der Waals surface area contributed by atoms with Crippen molar-refractivity contribution in [3.63, 3.8) is 0 Å². The summed E-state index contributed by atoms with van der Waals surface area (Å²) >= 11 is -0.684. The standard InChI is InChI=1S/C13H11F3O4S/c1-2-5-18-8-3-4-9-10(6-8)19-12(17)7-11(9)20-21-13(14,15)16/h3-4,6-7H,2,5H2,1H3. The average Bonchev–Trinajstić information content (AvgIpc) is 2.41. The van der Waals surface area contributed by atoms with Crippen LogP contribution >= 0.6 is 12.0 Å². The van der Waals surface area contributed by atoms with Crippen LogP contribution in [0.5, 0.6) is 11.5 Å². The number of halogens is 3. The summed E-state index contributed by atoms with van der Waals surface area (Å²) in [6.45, 7) is 2.41. The predicted molar refractivity (Wildman–Crippen MR) is 72.5 cm³/mol. The van der Waals surface area contributed by atoms with Gasteiger partial charge in [-0.05, 0) is 18.6 Å². The monoisotopic (exact) mass is 320 g/mol. The molecule has 0 aliphatic carbocycles. The molecule has 0 spiro atoms. The van der Waals surface area contributed by atoms with E-state index in [1.807, 2.05) is 6.92 Å². The van der Waals surface area contributed by atoms with E-state index >= 15 is 0 Å².